The van der Waals surface area contributed by atoms with E-state index in [1.165, 1.54) is 0 Å². The predicted molar refractivity (Wildman–Crippen MR) is 77.2 cm³/mol. The molecule has 2 N–H and O–H groups in total. The van der Waals surface area contributed by atoms with E-state index >= 15 is 0 Å². The summed E-state index contributed by atoms with van der Waals surface area (Å²) in [5.41, 5.74) is 2.13. The van der Waals surface area contributed by atoms with Crippen LogP contribution in [-0.4, -0.2) is 22.7 Å². The van der Waals surface area contributed by atoms with Crippen LogP contribution in [0.25, 0.3) is 10.9 Å². The molecule has 0 fully saturated rings. The fourth-order valence-corrected chi connectivity index (χ4v) is 3.41. The maximum atomic E-state index is 11.2. The number of halogens is 1. The predicted octanol–water partition coefficient (Wildman–Crippen LogP) is 3.47. The zero-order valence-corrected chi connectivity index (χ0v) is 12.0. The van der Waals surface area contributed by atoms with Gasteiger partial charge in [0.1, 0.15) is 5.60 Å². The standard InChI is InChI=1S/C15H16ClNO3/c1-2-15(8-12(18)19)14-9(6-7-20-15)13-10(16)4-3-5-11(13)17-14/h3-5,17H,2,6-8H2,1H3,(H,18,19). The van der Waals surface area contributed by atoms with E-state index in [4.69, 9.17) is 16.3 Å². The second-order valence-electron chi connectivity index (χ2n) is 5.16. The van der Waals surface area contributed by atoms with Crippen LogP contribution in [0.1, 0.15) is 31.0 Å². The number of aromatic amines is 1. The Kier molecular flexibility index (Phi) is 3.22. The summed E-state index contributed by atoms with van der Waals surface area (Å²) < 4.78 is 5.87. The molecule has 1 aromatic carbocycles. The topological polar surface area (TPSA) is 62.3 Å². The normalized spacial score (nSPS) is 21.9. The summed E-state index contributed by atoms with van der Waals surface area (Å²) in [6.07, 6.45) is 1.32. The molecule has 5 heteroatoms. The van der Waals surface area contributed by atoms with Crippen LogP contribution in [0.3, 0.4) is 0 Å². The number of fused-ring (bicyclic) bond motifs is 3. The van der Waals surface area contributed by atoms with Crippen molar-refractivity contribution in [1.29, 1.82) is 0 Å². The Morgan fingerprint density at radius 2 is 2.35 bits per heavy atom. The number of benzene rings is 1. The number of hydrogen-bond donors (Lipinski definition) is 2. The lowest BCUT2D eigenvalue weighted by Gasteiger charge is -2.35. The maximum absolute atomic E-state index is 11.2. The van der Waals surface area contributed by atoms with Crippen molar-refractivity contribution in [3.63, 3.8) is 0 Å². The van der Waals surface area contributed by atoms with Gasteiger partial charge in [0.25, 0.3) is 0 Å². The fraction of sp³-hybridized carbons (Fsp3) is 0.400. The Morgan fingerprint density at radius 3 is 3.05 bits per heavy atom. The van der Waals surface area contributed by atoms with Crippen LogP contribution >= 0.6 is 11.6 Å². The lowest BCUT2D eigenvalue weighted by molar-refractivity contribution is -0.148. The first-order valence-electron chi connectivity index (χ1n) is 6.72. The van der Waals surface area contributed by atoms with Gasteiger partial charge < -0.3 is 14.8 Å². The minimum absolute atomic E-state index is 0.0407. The van der Waals surface area contributed by atoms with Crippen LogP contribution in [0.2, 0.25) is 5.02 Å². The summed E-state index contributed by atoms with van der Waals surface area (Å²) in [5, 5.41) is 10.9. The average Bonchev–Trinajstić information content (AvgIpc) is 2.79. The van der Waals surface area contributed by atoms with Crippen LogP contribution in [0.15, 0.2) is 18.2 Å². The summed E-state index contributed by atoms with van der Waals surface area (Å²) in [6, 6.07) is 5.71. The van der Waals surface area contributed by atoms with Crippen LogP contribution in [0.4, 0.5) is 0 Å². The monoisotopic (exact) mass is 293 g/mol. The number of aromatic nitrogens is 1. The molecule has 3 rings (SSSR count). The summed E-state index contributed by atoms with van der Waals surface area (Å²) in [7, 11) is 0. The van der Waals surface area contributed by atoms with E-state index in [0.717, 1.165) is 28.6 Å². The van der Waals surface area contributed by atoms with Crippen molar-refractivity contribution in [2.45, 2.75) is 31.8 Å². The van der Waals surface area contributed by atoms with Gasteiger partial charge in [-0.05, 0) is 30.5 Å². The molecule has 2 aromatic rings. The van der Waals surface area contributed by atoms with Crippen molar-refractivity contribution in [2.75, 3.05) is 6.61 Å². The number of carboxylic acid groups (broad SMARTS) is 1. The van der Waals surface area contributed by atoms with Crippen LogP contribution in [-0.2, 0) is 21.6 Å². The zero-order chi connectivity index (χ0) is 14.3. The van der Waals surface area contributed by atoms with Gasteiger partial charge in [-0.2, -0.15) is 0 Å². The highest BCUT2D eigenvalue weighted by Crippen LogP contribution is 2.42. The molecule has 0 amide bonds. The van der Waals surface area contributed by atoms with Gasteiger partial charge in [-0.3, -0.25) is 4.79 Å². The van der Waals surface area contributed by atoms with Crippen LogP contribution < -0.4 is 0 Å². The van der Waals surface area contributed by atoms with Crippen molar-refractivity contribution >= 4 is 28.5 Å². The zero-order valence-electron chi connectivity index (χ0n) is 11.2. The Balaban J connectivity index is 2.25. The molecule has 1 unspecified atom stereocenters. The smallest absolute Gasteiger partial charge is 0.306 e. The molecule has 106 valence electrons. The summed E-state index contributed by atoms with van der Waals surface area (Å²) >= 11 is 6.30. The van der Waals surface area contributed by atoms with E-state index in [1.807, 2.05) is 25.1 Å². The first kappa shape index (κ1) is 13.5. The average molecular weight is 294 g/mol. The summed E-state index contributed by atoms with van der Waals surface area (Å²) in [4.78, 5) is 14.5. The summed E-state index contributed by atoms with van der Waals surface area (Å²) in [6.45, 7) is 2.47. The van der Waals surface area contributed by atoms with E-state index in [9.17, 15) is 9.90 Å². The van der Waals surface area contributed by atoms with Crippen molar-refractivity contribution in [3.8, 4) is 0 Å². The third-order valence-electron chi connectivity index (χ3n) is 4.07. The molecule has 0 radical (unpaired) electrons. The molecule has 2 heterocycles. The number of rotatable bonds is 3. The number of H-pyrrole nitrogens is 1. The molecule has 0 saturated heterocycles. The second kappa shape index (κ2) is 4.79. The lowest BCUT2D eigenvalue weighted by Crippen LogP contribution is -2.37. The minimum Gasteiger partial charge on any atom is -0.481 e. The number of carboxylic acids is 1. The first-order chi connectivity index (χ1) is 9.57. The number of hydrogen-bond acceptors (Lipinski definition) is 2. The Morgan fingerprint density at radius 1 is 1.55 bits per heavy atom. The van der Waals surface area contributed by atoms with Crippen molar-refractivity contribution in [2.24, 2.45) is 0 Å². The number of carbonyl (C=O) groups is 1. The molecule has 1 atom stereocenters. The molecule has 1 aromatic heterocycles. The molecule has 1 aliphatic heterocycles. The number of ether oxygens (including phenoxy) is 1. The molecule has 20 heavy (non-hydrogen) atoms. The number of aliphatic carboxylic acids is 1. The van der Waals surface area contributed by atoms with Gasteiger partial charge in [0.15, 0.2) is 0 Å². The third-order valence-corrected chi connectivity index (χ3v) is 4.39. The molecular formula is C15H16ClNO3. The molecule has 0 saturated carbocycles. The van der Waals surface area contributed by atoms with Crippen molar-refractivity contribution in [1.82, 2.24) is 4.98 Å². The van der Waals surface area contributed by atoms with Gasteiger partial charge in [-0.25, -0.2) is 0 Å². The van der Waals surface area contributed by atoms with Gasteiger partial charge in [0.2, 0.25) is 0 Å². The highest BCUT2D eigenvalue weighted by Gasteiger charge is 2.41. The van der Waals surface area contributed by atoms with E-state index < -0.39 is 11.6 Å². The highest BCUT2D eigenvalue weighted by molar-refractivity contribution is 6.35. The largest absolute Gasteiger partial charge is 0.481 e. The van der Waals surface area contributed by atoms with E-state index in [0.29, 0.717) is 18.1 Å². The number of nitrogens with one attached hydrogen (secondary N) is 1. The SMILES string of the molecule is CCC1(CC(=O)O)OCCc2c1[nH]c1cccc(Cl)c21. The van der Waals surface area contributed by atoms with E-state index in [1.54, 1.807) is 0 Å². The molecule has 0 aliphatic carbocycles. The van der Waals surface area contributed by atoms with E-state index in [2.05, 4.69) is 4.98 Å². The molecule has 0 bridgehead atoms. The van der Waals surface area contributed by atoms with Gasteiger partial charge in [0, 0.05) is 10.9 Å². The second-order valence-corrected chi connectivity index (χ2v) is 5.56. The van der Waals surface area contributed by atoms with Crippen molar-refractivity contribution < 1.29 is 14.6 Å². The first-order valence-corrected chi connectivity index (χ1v) is 7.10. The molecule has 1 aliphatic rings. The van der Waals surface area contributed by atoms with Gasteiger partial charge in [0.05, 0.1) is 23.7 Å². The molecule has 0 spiro atoms. The summed E-state index contributed by atoms with van der Waals surface area (Å²) in [5.74, 6) is -0.857. The van der Waals surface area contributed by atoms with E-state index in [-0.39, 0.29) is 6.42 Å². The van der Waals surface area contributed by atoms with Crippen LogP contribution in [0.5, 0.6) is 0 Å². The fourth-order valence-electron chi connectivity index (χ4n) is 3.12. The molecule has 4 nitrogen and oxygen atoms in total. The highest BCUT2D eigenvalue weighted by atomic mass is 35.5. The van der Waals surface area contributed by atoms with Gasteiger partial charge in [-0.1, -0.05) is 24.6 Å². The minimum atomic E-state index is -0.857. The van der Waals surface area contributed by atoms with Gasteiger partial charge >= 0.3 is 5.97 Å². The van der Waals surface area contributed by atoms with Crippen LogP contribution in [0, 0.1) is 0 Å². The lowest BCUT2D eigenvalue weighted by atomic mass is 9.86. The maximum Gasteiger partial charge on any atom is 0.306 e. The Bertz CT molecular complexity index is 679. The molecular weight excluding hydrogens is 278 g/mol. The Hall–Kier alpha value is -1.52. The van der Waals surface area contributed by atoms with Crippen molar-refractivity contribution in [3.05, 3.63) is 34.5 Å². The quantitative estimate of drug-likeness (QED) is 0.911. The Labute approximate surface area is 121 Å². The third kappa shape index (κ3) is 1.91. The van der Waals surface area contributed by atoms with Gasteiger partial charge in [-0.15, -0.1) is 0 Å².